The van der Waals surface area contributed by atoms with Gasteiger partial charge in [0, 0.05) is 34.7 Å². The van der Waals surface area contributed by atoms with Crippen molar-refractivity contribution in [2.24, 2.45) is 5.41 Å². The highest BCUT2D eigenvalue weighted by molar-refractivity contribution is 7.22. The fourth-order valence-electron chi connectivity index (χ4n) is 5.20. The number of rotatable bonds is 10. The first-order chi connectivity index (χ1) is 18.0. The molecule has 0 atom stereocenters. The van der Waals surface area contributed by atoms with E-state index in [2.05, 4.69) is 63.9 Å². The molecule has 2 heterocycles. The summed E-state index contributed by atoms with van der Waals surface area (Å²) in [5.41, 5.74) is 2.20. The molecule has 1 fully saturated rings. The van der Waals surface area contributed by atoms with Crippen LogP contribution >= 0.6 is 11.3 Å². The number of tetrazole rings is 1. The molecule has 8 nitrogen and oxygen atoms in total. The van der Waals surface area contributed by atoms with E-state index in [0.717, 1.165) is 52.6 Å². The molecule has 5 rings (SSSR count). The van der Waals surface area contributed by atoms with Gasteiger partial charge in [0.15, 0.2) is 0 Å². The number of fused-ring (bicyclic) bond motifs is 1. The minimum absolute atomic E-state index is 0.0437. The third-order valence-electron chi connectivity index (χ3n) is 7.33. The van der Waals surface area contributed by atoms with E-state index in [1.807, 2.05) is 12.1 Å². The van der Waals surface area contributed by atoms with E-state index >= 15 is 0 Å². The molecular weight excluding hydrogens is 486 g/mol. The van der Waals surface area contributed by atoms with Gasteiger partial charge in [-0.1, -0.05) is 56.5 Å². The number of nitrogens with zero attached hydrogens (tertiary/aromatic N) is 4. The zero-order chi connectivity index (χ0) is 25.8. The molecule has 192 valence electrons. The van der Waals surface area contributed by atoms with Crippen LogP contribution in [0.5, 0.6) is 0 Å². The zero-order valence-corrected chi connectivity index (χ0v) is 21.8. The van der Waals surface area contributed by atoms with Gasteiger partial charge >= 0.3 is 5.97 Å². The number of benzene rings is 2. The minimum atomic E-state index is -0.824. The van der Waals surface area contributed by atoms with E-state index in [-0.39, 0.29) is 12.5 Å². The number of aromatic nitrogens is 4. The summed E-state index contributed by atoms with van der Waals surface area (Å²) in [4.78, 5) is 28.3. The maximum absolute atomic E-state index is 13.1. The number of hydrogen-bond donors (Lipinski definition) is 2. The number of H-pyrrole nitrogens is 1. The molecule has 0 saturated heterocycles. The molecule has 0 spiro atoms. The van der Waals surface area contributed by atoms with E-state index in [4.69, 9.17) is 0 Å². The number of aliphatic carboxylic acids is 1. The van der Waals surface area contributed by atoms with Crippen molar-refractivity contribution < 1.29 is 14.7 Å². The summed E-state index contributed by atoms with van der Waals surface area (Å²) in [6.45, 7) is 2.77. The smallest absolute Gasteiger partial charge is 0.311 e. The predicted octanol–water partition coefficient (Wildman–Crippen LogP) is 5.91. The van der Waals surface area contributed by atoms with Crippen LogP contribution in [0, 0.1) is 5.41 Å². The first kappa shape index (κ1) is 25.1. The highest BCUT2D eigenvalue weighted by Crippen LogP contribution is 2.40. The molecule has 2 aromatic heterocycles. The normalized spacial score (nSPS) is 14.7. The third-order valence-corrected chi connectivity index (χ3v) is 8.50. The van der Waals surface area contributed by atoms with Crippen molar-refractivity contribution in [1.82, 2.24) is 25.5 Å². The van der Waals surface area contributed by atoms with Crippen LogP contribution in [0.4, 0.5) is 0 Å². The Balaban J connectivity index is 1.37. The Morgan fingerprint density at radius 1 is 1.08 bits per heavy atom. The van der Waals surface area contributed by atoms with Gasteiger partial charge in [-0.2, -0.15) is 5.21 Å². The van der Waals surface area contributed by atoms with Crippen molar-refractivity contribution in [2.45, 2.75) is 58.4 Å². The number of carboxylic acid groups (broad SMARTS) is 1. The molecule has 37 heavy (non-hydrogen) atoms. The van der Waals surface area contributed by atoms with Gasteiger partial charge in [0.1, 0.15) is 0 Å². The fourth-order valence-corrected chi connectivity index (χ4v) is 6.25. The number of hydrogen-bond acceptors (Lipinski definition) is 6. The van der Waals surface area contributed by atoms with Gasteiger partial charge in [-0.05, 0) is 59.2 Å². The lowest BCUT2D eigenvalue weighted by molar-refractivity contribution is -0.151. The highest BCUT2D eigenvalue weighted by Gasteiger charge is 2.43. The number of carboxylic acids is 1. The third kappa shape index (κ3) is 5.41. The van der Waals surface area contributed by atoms with E-state index in [9.17, 15) is 14.7 Å². The lowest BCUT2D eigenvalue weighted by Crippen LogP contribution is -2.43. The van der Waals surface area contributed by atoms with Crippen LogP contribution in [0.1, 0.15) is 57.4 Å². The lowest BCUT2D eigenvalue weighted by Gasteiger charge is -2.32. The fraction of sp³-hybridized carbons (Fsp3) is 0.393. The van der Waals surface area contributed by atoms with Gasteiger partial charge in [0.25, 0.3) is 0 Å². The number of nitrogens with one attached hydrogen (secondary N) is 1. The quantitative estimate of drug-likeness (QED) is 0.270. The Labute approximate surface area is 219 Å². The predicted molar refractivity (Wildman–Crippen MR) is 144 cm³/mol. The summed E-state index contributed by atoms with van der Waals surface area (Å²) in [6, 6.07) is 16.5. The first-order valence-electron chi connectivity index (χ1n) is 12.9. The molecule has 0 radical (unpaired) electrons. The van der Waals surface area contributed by atoms with E-state index in [1.54, 1.807) is 16.2 Å². The summed E-state index contributed by atoms with van der Waals surface area (Å²) in [6.07, 6.45) is 5.29. The molecule has 9 heteroatoms. The van der Waals surface area contributed by atoms with E-state index in [0.29, 0.717) is 31.6 Å². The average Bonchev–Trinajstić information content (AvgIpc) is 3.68. The summed E-state index contributed by atoms with van der Waals surface area (Å²) in [5.74, 6) is -0.170. The highest BCUT2D eigenvalue weighted by atomic mass is 32.1. The minimum Gasteiger partial charge on any atom is -0.481 e. The van der Waals surface area contributed by atoms with Crippen molar-refractivity contribution in [3.8, 4) is 21.8 Å². The number of aromatic amines is 1. The average molecular weight is 518 g/mol. The number of unbranched alkanes of at least 4 members (excludes halogenated alkanes) is 1. The molecule has 0 bridgehead atoms. The van der Waals surface area contributed by atoms with Gasteiger partial charge < -0.3 is 10.0 Å². The Hall–Kier alpha value is -3.59. The maximum atomic E-state index is 13.1. The van der Waals surface area contributed by atoms with Crippen molar-refractivity contribution in [2.75, 3.05) is 6.54 Å². The number of carbonyl (C=O) groups is 2. The molecular formula is C28H31N5O3S. The summed E-state index contributed by atoms with van der Waals surface area (Å²) in [7, 11) is 0. The van der Waals surface area contributed by atoms with E-state index in [1.165, 1.54) is 4.70 Å². The largest absolute Gasteiger partial charge is 0.481 e. The maximum Gasteiger partial charge on any atom is 0.311 e. The number of thiophene rings is 1. The van der Waals surface area contributed by atoms with Crippen LogP contribution in [0.3, 0.4) is 0 Å². The monoisotopic (exact) mass is 517 g/mol. The van der Waals surface area contributed by atoms with Gasteiger partial charge in [0.2, 0.25) is 11.7 Å². The summed E-state index contributed by atoms with van der Waals surface area (Å²) in [5, 5.41) is 25.3. The van der Waals surface area contributed by atoms with Crippen LogP contribution in [0.25, 0.3) is 31.9 Å². The second kappa shape index (κ2) is 10.8. The molecule has 1 aliphatic rings. The van der Waals surface area contributed by atoms with E-state index < -0.39 is 11.4 Å². The molecule has 1 amide bonds. The van der Waals surface area contributed by atoms with Gasteiger partial charge in [-0.3, -0.25) is 9.59 Å². The van der Waals surface area contributed by atoms with Gasteiger partial charge in [-0.15, -0.1) is 21.5 Å². The molecule has 1 saturated carbocycles. The number of amides is 1. The Morgan fingerprint density at radius 2 is 1.84 bits per heavy atom. The zero-order valence-electron chi connectivity index (χ0n) is 20.9. The van der Waals surface area contributed by atoms with Crippen LogP contribution in [-0.4, -0.2) is 49.1 Å². The van der Waals surface area contributed by atoms with Crippen molar-refractivity contribution >= 4 is 33.3 Å². The Morgan fingerprint density at radius 3 is 2.51 bits per heavy atom. The lowest BCUT2D eigenvalue weighted by atomic mass is 9.85. The van der Waals surface area contributed by atoms with Gasteiger partial charge in [0.05, 0.1) is 5.41 Å². The van der Waals surface area contributed by atoms with Crippen LogP contribution in [0.2, 0.25) is 0 Å². The van der Waals surface area contributed by atoms with Crippen molar-refractivity contribution in [1.29, 1.82) is 0 Å². The summed E-state index contributed by atoms with van der Waals surface area (Å²) < 4.78 is 1.17. The van der Waals surface area contributed by atoms with Crippen LogP contribution < -0.4 is 0 Å². The van der Waals surface area contributed by atoms with Crippen molar-refractivity contribution in [3.63, 3.8) is 0 Å². The molecule has 4 aromatic rings. The SMILES string of the molecule is CCCCC(=O)N(Cc1ccc2sc(-c3ccc(-c4nn[nH]n4)cc3)cc2c1)CC1(C(=O)O)CCCC1. The molecule has 0 aliphatic heterocycles. The molecule has 1 aliphatic carbocycles. The second-order valence-electron chi connectivity index (χ2n) is 9.94. The number of carbonyl (C=O) groups excluding carboxylic acids is 1. The van der Waals surface area contributed by atoms with Crippen LogP contribution in [-0.2, 0) is 16.1 Å². The Kier molecular flexibility index (Phi) is 7.32. The molecule has 0 unspecified atom stereocenters. The standard InChI is InChI=1S/C28H31N5O3S/c1-2-3-6-25(34)33(18-28(27(35)36)13-4-5-14-28)17-19-7-12-23-22(15-19)16-24(37-23)20-8-10-21(11-9-20)26-29-31-32-30-26/h7-12,15-16H,2-6,13-14,17-18H2,1H3,(H,35,36)(H,29,30,31,32). The molecule has 2 N–H and O–H groups in total. The van der Waals surface area contributed by atoms with Crippen LogP contribution in [0.15, 0.2) is 48.5 Å². The van der Waals surface area contributed by atoms with Gasteiger partial charge in [-0.25, -0.2) is 0 Å². The van der Waals surface area contributed by atoms with Crippen molar-refractivity contribution in [3.05, 3.63) is 54.1 Å². The Bertz CT molecular complexity index is 1370. The first-order valence-corrected chi connectivity index (χ1v) is 13.7. The second-order valence-corrected chi connectivity index (χ2v) is 11.0. The molecule has 2 aromatic carbocycles. The summed E-state index contributed by atoms with van der Waals surface area (Å²) >= 11 is 1.72. The topological polar surface area (TPSA) is 112 Å².